The van der Waals surface area contributed by atoms with E-state index in [9.17, 15) is 9.59 Å². The molecule has 226 valence electrons. The average Bonchev–Trinajstić information content (AvgIpc) is 3.35. The van der Waals surface area contributed by atoms with Crippen molar-refractivity contribution in [3.8, 4) is 5.75 Å². The molecule has 0 amide bonds. The summed E-state index contributed by atoms with van der Waals surface area (Å²) < 4.78 is 15.6. The van der Waals surface area contributed by atoms with Crippen molar-refractivity contribution in [2.24, 2.45) is 4.99 Å². The van der Waals surface area contributed by atoms with Crippen LogP contribution in [0.5, 0.6) is 5.75 Å². The molecule has 0 unspecified atom stereocenters. The fourth-order valence-electron chi connectivity index (χ4n) is 5.14. The predicted octanol–water partition coefficient (Wildman–Crippen LogP) is 7.54. The second-order valence-electron chi connectivity index (χ2n) is 10.0. The molecule has 0 spiro atoms. The third-order valence-corrected chi connectivity index (χ3v) is 9.75. The van der Waals surface area contributed by atoms with Crippen molar-refractivity contribution >= 4 is 79.2 Å². The number of ether oxygens (including phenoxy) is 2. The maximum absolute atomic E-state index is 14.3. The fraction of sp³-hybridized carbons (Fsp3) is 0.114. The average molecular weight is 812 g/mol. The fourth-order valence-corrected chi connectivity index (χ4v) is 8.03. The first-order valence-electron chi connectivity index (χ1n) is 14.0. The Balaban J connectivity index is 1.56. The van der Waals surface area contributed by atoms with Gasteiger partial charge in [0, 0.05) is 26.2 Å². The van der Waals surface area contributed by atoms with Crippen molar-refractivity contribution in [3.63, 3.8) is 0 Å². The van der Waals surface area contributed by atoms with E-state index in [1.54, 1.807) is 11.5 Å². The summed E-state index contributed by atoms with van der Waals surface area (Å²) in [6.07, 6.45) is 1.82. The molecule has 0 saturated carbocycles. The number of carbonyl (C=O) groups is 1. The molecule has 6 rings (SSSR count). The van der Waals surface area contributed by atoms with Crippen LogP contribution >= 0.6 is 61.5 Å². The highest BCUT2D eigenvalue weighted by Gasteiger charge is 2.35. The summed E-state index contributed by atoms with van der Waals surface area (Å²) in [6, 6.07) is 29.7. The van der Waals surface area contributed by atoms with E-state index in [-0.39, 0.29) is 18.8 Å². The number of nitrogens with zero attached hydrogens (tertiary/aromatic N) is 2. The van der Waals surface area contributed by atoms with Crippen LogP contribution in [-0.2, 0) is 16.1 Å². The van der Waals surface area contributed by atoms with E-state index in [0.717, 1.165) is 30.3 Å². The van der Waals surface area contributed by atoms with Gasteiger partial charge >= 0.3 is 5.97 Å². The molecule has 1 aromatic heterocycles. The Morgan fingerprint density at radius 2 is 1.73 bits per heavy atom. The largest absolute Gasteiger partial charge is 0.487 e. The van der Waals surface area contributed by atoms with Gasteiger partial charge in [-0.1, -0.05) is 118 Å². The van der Waals surface area contributed by atoms with Gasteiger partial charge in [0.1, 0.15) is 12.4 Å². The quantitative estimate of drug-likeness (QED) is 0.120. The summed E-state index contributed by atoms with van der Waals surface area (Å²) in [5, 5.41) is 0.618. The topological polar surface area (TPSA) is 69.9 Å². The smallest absolute Gasteiger partial charge is 0.338 e. The molecule has 0 N–H and O–H groups in total. The van der Waals surface area contributed by atoms with Gasteiger partial charge in [0.2, 0.25) is 0 Å². The van der Waals surface area contributed by atoms with E-state index in [1.807, 2.05) is 103 Å². The molecule has 1 atom stereocenters. The minimum Gasteiger partial charge on any atom is -0.487 e. The van der Waals surface area contributed by atoms with Crippen LogP contribution in [0.2, 0.25) is 5.02 Å². The molecule has 0 fully saturated rings. The molecule has 5 aromatic rings. The highest BCUT2D eigenvalue weighted by atomic mass is 127. The molecule has 0 bridgehead atoms. The molecule has 4 aromatic carbocycles. The highest BCUT2D eigenvalue weighted by Crippen LogP contribution is 2.35. The zero-order chi connectivity index (χ0) is 31.5. The number of thiazole rings is 1. The molecule has 0 radical (unpaired) electrons. The Morgan fingerprint density at radius 3 is 2.44 bits per heavy atom. The summed E-state index contributed by atoms with van der Waals surface area (Å²) in [6.45, 7) is 2.21. The Bertz CT molecular complexity index is 2110. The first kappa shape index (κ1) is 31.5. The molecular formula is C35H25BrClIN2O4S. The van der Waals surface area contributed by atoms with E-state index in [0.29, 0.717) is 31.4 Å². The lowest BCUT2D eigenvalue weighted by atomic mass is 9.93. The van der Waals surface area contributed by atoms with Crippen molar-refractivity contribution < 1.29 is 14.3 Å². The molecular weight excluding hydrogens is 787 g/mol. The van der Waals surface area contributed by atoms with Crippen LogP contribution < -0.4 is 19.6 Å². The van der Waals surface area contributed by atoms with E-state index in [1.165, 1.54) is 11.3 Å². The van der Waals surface area contributed by atoms with Crippen molar-refractivity contribution in [2.45, 2.75) is 19.6 Å². The van der Waals surface area contributed by atoms with Gasteiger partial charge in [0.15, 0.2) is 4.80 Å². The summed E-state index contributed by atoms with van der Waals surface area (Å²) in [4.78, 5) is 33.3. The maximum Gasteiger partial charge on any atom is 0.338 e. The lowest BCUT2D eigenvalue weighted by Crippen LogP contribution is -2.40. The third kappa shape index (κ3) is 6.58. The molecule has 1 aliphatic heterocycles. The van der Waals surface area contributed by atoms with E-state index >= 15 is 0 Å². The Hall–Kier alpha value is -3.51. The van der Waals surface area contributed by atoms with Gasteiger partial charge in [-0.25, -0.2) is 9.79 Å². The van der Waals surface area contributed by atoms with Crippen molar-refractivity contribution in [3.05, 3.63) is 158 Å². The zero-order valence-electron chi connectivity index (χ0n) is 23.9. The minimum absolute atomic E-state index is 0.189. The molecule has 45 heavy (non-hydrogen) atoms. The maximum atomic E-state index is 14.3. The van der Waals surface area contributed by atoms with E-state index in [2.05, 4.69) is 38.5 Å². The lowest BCUT2D eigenvalue weighted by Gasteiger charge is -2.25. The summed E-state index contributed by atoms with van der Waals surface area (Å²) in [7, 11) is 0. The van der Waals surface area contributed by atoms with Crippen LogP contribution in [0.4, 0.5) is 0 Å². The Kier molecular flexibility index (Phi) is 9.70. The molecule has 2 heterocycles. The zero-order valence-corrected chi connectivity index (χ0v) is 29.2. The first-order valence-corrected chi connectivity index (χ1v) is 17.1. The van der Waals surface area contributed by atoms with Crippen LogP contribution in [0.1, 0.15) is 35.2 Å². The number of hydrogen-bond acceptors (Lipinski definition) is 6. The predicted molar refractivity (Wildman–Crippen MR) is 190 cm³/mol. The second kappa shape index (κ2) is 13.9. The van der Waals surface area contributed by atoms with Gasteiger partial charge in [-0.3, -0.25) is 9.36 Å². The number of carbonyl (C=O) groups excluding carboxylic acids is 1. The standard InChI is InChI=1S/C35H25BrClIN2O4S/c1-2-43-34(42)29-30(21-11-5-3-6-12-21)39-35-40(31(29)22-13-7-4-8-14-22)33(41)28(45-35)18-24-17-25(36)19-27(38)32(24)44-20-23-15-9-10-16-26(23)37/h3-19,31H,2,20H2,1H3/b28-18-/t31-/m0/s1. The number of fused-ring (bicyclic) bond motifs is 1. The SMILES string of the molecule is CCOC(=O)C1=C(c2ccccc2)N=c2s/c(=C\c3cc(Br)cc(I)c3OCc3ccccc3Cl)c(=O)n2[C@H]1c1ccccc1. The molecule has 0 saturated heterocycles. The molecule has 0 aliphatic carbocycles. The van der Waals surface area contributed by atoms with Gasteiger partial charge in [-0.2, -0.15) is 0 Å². The summed E-state index contributed by atoms with van der Waals surface area (Å²) in [5.41, 5.74) is 3.63. The summed E-state index contributed by atoms with van der Waals surface area (Å²) in [5.74, 6) is 0.112. The van der Waals surface area contributed by atoms with Gasteiger partial charge in [0.05, 0.1) is 32.0 Å². The van der Waals surface area contributed by atoms with Crippen LogP contribution in [0.25, 0.3) is 11.8 Å². The van der Waals surface area contributed by atoms with Crippen molar-refractivity contribution in [2.75, 3.05) is 6.61 Å². The van der Waals surface area contributed by atoms with Crippen molar-refractivity contribution in [1.29, 1.82) is 0 Å². The van der Waals surface area contributed by atoms with Crippen LogP contribution in [-0.4, -0.2) is 17.1 Å². The van der Waals surface area contributed by atoms with Crippen LogP contribution in [0, 0.1) is 3.57 Å². The van der Waals surface area contributed by atoms with Gasteiger partial charge < -0.3 is 9.47 Å². The first-order chi connectivity index (χ1) is 21.9. The summed E-state index contributed by atoms with van der Waals surface area (Å²) >= 11 is 13.5. The number of hydrogen-bond donors (Lipinski definition) is 0. The minimum atomic E-state index is -0.738. The van der Waals surface area contributed by atoms with Crippen molar-refractivity contribution in [1.82, 2.24) is 4.57 Å². The van der Waals surface area contributed by atoms with E-state index in [4.69, 9.17) is 26.1 Å². The molecule has 1 aliphatic rings. The Labute approximate surface area is 290 Å². The third-order valence-electron chi connectivity index (χ3n) is 7.14. The number of benzene rings is 4. The van der Waals surface area contributed by atoms with E-state index < -0.39 is 12.0 Å². The van der Waals surface area contributed by atoms with Crippen LogP contribution in [0.15, 0.2) is 117 Å². The van der Waals surface area contributed by atoms with Gasteiger partial charge in [0.25, 0.3) is 5.56 Å². The second-order valence-corrected chi connectivity index (χ2v) is 13.5. The van der Waals surface area contributed by atoms with Crippen LogP contribution in [0.3, 0.4) is 0 Å². The molecule has 10 heteroatoms. The number of rotatable bonds is 8. The lowest BCUT2D eigenvalue weighted by molar-refractivity contribution is -0.138. The number of halogens is 3. The monoisotopic (exact) mass is 810 g/mol. The Morgan fingerprint density at radius 1 is 1.04 bits per heavy atom. The highest BCUT2D eigenvalue weighted by molar-refractivity contribution is 14.1. The van der Waals surface area contributed by atoms with Gasteiger partial charge in [-0.05, 0) is 59.4 Å². The normalized spacial score (nSPS) is 14.6. The number of aromatic nitrogens is 1. The van der Waals surface area contributed by atoms with Gasteiger partial charge in [-0.15, -0.1) is 0 Å². The number of esters is 1. The molecule has 6 nitrogen and oxygen atoms in total.